The maximum atomic E-state index is 3.19. The second kappa shape index (κ2) is 3.80. The van der Waals surface area contributed by atoms with E-state index in [0.29, 0.717) is 0 Å². The van der Waals surface area contributed by atoms with Gasteiger partial charge in [-0.25, -0.2) is 0 Å². The van der Waals surface area contributed by atoms with Crippen LogP contribution < -0.4 is 0 Å². The van der Waals surface area contributed by atoms with E-state index in [4.69, 9.17) is 0 Å². The van der Waals surface area contributed by atoms with Crippen LogP contribution in [0.4, 0.5) is 0 Å². The first-order valence-corrected chi connectivity index (χ1v) is 5.70. The van der Waals surface area contributed by atoms with Crippen LogP contribution in [-0.2, 0) is 8.86 Å². The highest BCUT2D eigenvalue weighted by Crippen LogP contribution is 2.10. The normalized spacial score (nSPS) is 10.0. The fraction of sp³-hybridized carbons (Fsp3) is 0.333. The van der Waals surface area contributed by atoms with Crippen molar-refractivity contribution in [3.63, 3.8) is 0 Å². The van der Waals surface area contributed by atoms with Gasteiger partial charge < -0.3 is 4.98 Å². The summed E-state index contributed by atoms with van der Waals surface area (Å²) in [5.41, 5.74) is 2.71. The van der Waals surface area contributed by atoms with Crippen molar-refractivity contribution < 1.29 is 0 Å². The predicted octanol–water partition coefficient (Wildman–Crippen LogP) is 2.88. The van der Waals surface area contributed by atoms with E-state index in [1.807, 2.05) is 0 Å². The standard InChI is InChI=1S/C6H7I2N/c7-2-5-1-6(3-8)9-4-5/h1,4,9H,2-3H2. The Morgan fingerprint density at radius 3 is 2.44 bits per heavy atom. The predicted molar refractivity (Wildman–Crippen MR) is 56.2 cm³/mol. The van der Waals surface area contributed by atoms with Crippen molar-refractivity contribution in [2.45, 2.75) is 8.86 Å². The molecule has 0 aliphatic carbocycles. The zero-order valence-electron chi connectivity index (χ0n) is 4.82. The summed E-state index contributed by atoms with van der Waals surface area (Å²) in [6.07, 6.45) is 2.07. The molecule has 1 aromatic rings. The molecule has 0 aromatic carbocycles. The van der Waals surface area contributed by atoms with Gasteiger partial charge in [0.05, 0.1) is 0 Å². The summed E-state index contributed by atoms with van der Waals surface area (Å²) in [6.45, 7) is 0. The Hall–Kier alpha value is 0.740. The number of aromatic amines is 1. The molecule has 0 unspecified atom stereocenters. The molecule has 50 valence electrons. The van der Waals surface area contributed by atoms with Crippen LogP contribution >= 0.6 is 45.2 Å². The van der Waals surface area contributed by atoms with Gasteiger partial charge in [0.2, 0.25) is 0 Å². The number of hydrogen-bond donors (Lipinski definition) is 1. The first-order chi connectivity index (χ1) is 4.36. The van der Waals surface area contributed by atoms with E-state index in [0.717, 1.165) is 8.86 Å². The number of nitrogens with one attached hydrogen (secondary N) is 1. The fourth-order valence-corrected chi connectivity index (χ4v) is 1.53. The zero-order valence-corrected chi connectivity index (χ0v) is 9.14. The first-order valence-electron chi connectivity index (χ1n) is 2.65. The molecule has 3 heteroatoms. The summed E-state index contributed by atoms with van der Waals surface area (Å²) < 4.78 is 2.18. The van der Waals surface area contributed by atoms with Gasteiger partial charge in [0.25, 0.3) is 0 Å². The highest BCUT2D eigenvalue weighted by atomic mass is 127. The van der Waals surface area contributed by atoms with E-state index in [1.54, 1.807) is 0 Å². The van der Waals surface area contributed by atoms with E-state index < -0.39 is 0 Å². The lowest BCUT2D eigenvalue weighted by atomic mass is 10.4. The van der Waals surface area contributed by atoms with Crippen molar-refractivity contribution in [2.75, 3.05) is 0 Å². The van der Waals surface area contributed by atoms with Gasteiger partial charge in [-0.1, -0.05) is 45.2 Å². The number of H-pyrrole nitrogens is 1. The molecule has 0 aliphatic heterocycles. The minimum atomic E-state index is 1.08. The Balaban J connectivity index is 2.74. The highest BCUT2D eigenvalue weighted by Gasteiger charge is 1.93. The molecule has 0 saturated heterocycles. The molecule has 0 radical (unpaired) electrons. The number of alkyl halides is 2. The number of hydrogen-bond acceptors (Lipinski definition) is 0. The first kappa shape index (κ1) is 7.84. The maximum absolute atomic E-state index is 3.19. The zero-order chi connectivity index (χ0) is 6.69. The summed E-state index contributed by atoms with van der Waals surface area (Å²) >= 11 is 4.71. The number of aromatic nitrogens is 1. The van der Waals surface area contributed by atoms with Crippen molar-refractivity contribution in [2.24, 2.45) is 0 Å². The van der Waals surface area contributed by atoms with Gasteiger partial charge in [-0.15, -0.1) is 0 Å². The van der Waals surface area contributed by atoms with Crippen molar-refractivity contribution >= 4 is 45.2 Å². The topological polar surface area (TPSA) is 15.8 Å². The molecule has 0 amide bonds. The average Bonchev–Trinajstić information content (AvgIpc) is 2.34. The van der Waals surface area contributed by atoms with Crippen LogP contribution in [0.25, 0.3) is 0 Å². The van der Waals surface area contributed by atoms with Crippen LogP contribution in [-0.4, -0.2) is 4.98 Å². The van der Waals surface area contributed by atoms with Gasteiger partial charge in [-0.3, -0.25) is 0 Å². The monoisotopic (exact) mass is 347 g/mol. The third-order valence-electron chi connectivity index (χ3n) is 1.10. The number of rotatable bonds is 2. The lowest BCUT2D eigenvalue weighted by molar-refractivity contribution is 1.25. The fourth-order valence-electron chi connectivity index (χ4n) is 0.647. The molecule has 0 aliphatic rings. The van der Waals surface area contributed by atoms with Crippen molar-refractivity contribution in [1.82, 2.24) is 4.98 Å². The molecule has 9 heavy (non-hydrogen) atoms. The van der Waals surface area contributed by atoms with E-state index in [9.17, 15) is 0 Å². The van der Waals surface area contributed by atoms with E-state index in [1.165, 1.54) is 11.3 Å². The molecule has 0 spiro atoms. The smallest absolute Gasteiger partial charge is 0.0398 e. The minimum absolute atomic E-state index is 1.08. The second-order valence-electron chi connectivity index (χ2n) is 1.80. The Morgan fingerprint density at radius 1 is 1.33 bits per heavy atom. The second-order valence-corrected chi connectivity index (χ2v) is 3.33. The van der Waals surface area contributed by atoms with Crippen LogP contribution in [0.5, 0.6) is 0 Å². The summed E-state index contributed by atoms with van der Waals surface area (Å²) in [4.78, 5) is 3.19. The SMILES string of the molecule is ICc1c[nH]c(CI)c1. The van der Waals surface area contributed by atoms with Crippen LogP contribution in [0, 0.1) is 0 Å². The van der Waals surface area contributed by atoms with Crippen LogP contribution in [0.2, 0.25) is 0 Å². The third-order valence-corrected chi connectivity index (χ3v) is 2.80. The lowest BCUT2D eigenvalue weighted by Gasteiger charge is -1.81. The van der Waals surface area contributed by atoms with Crippen molar-refractivity contribution in [3.8, 4) is 0 Å². The molecule has 1 rings (SSSR count). The maximum Gasteiger partial charge on any atom is 0.0398 e. The molecular weight excluding hydrogens is 340 g/mol. The molecule has 1 nitrogen and oxygen atoms in total. The quantitative estimate of drug-likeness (QED) is 0.626. The van der Waals surface area contributed by atoms with E-state index >= 15 is 0 Å². The van der Waals surface area contributed by atoms with Crippen molar-refractivity contribution in [1.29, 1.82) is 0 Å². The third kappa shape index (κ3) is 2.10. The van der Waals surface area contributed by atoms with E-state index in [-0.39, 0.29) is 0 Å². The van der Waals surface area contributed by atoms with Gasteiger partial charge in [-0.2, -0.15) is 0 Å². The molecule has 0 saturated carbocycles. The van der Waals surface area contributed by atoms with Crippen LogP contribution in [0.15, 0.2) is 12.3 Å². The highest BCUT2D eigenvalue weighted by molar-refractivity contribution is 14.1. The minimum Gasteiger partial charge on any atom is -0.364 e. The summed E-state index contributed by atoms with van der Waals surface area (Å²) in [7, 11) is 0. The lowest BCUT2D eigenvalue weighted by Crippen LogP contribution is -1.70. The summed E-state index contributed by atoms with van der Waals surface area (Å²) in [5.74, 6) is 0. The molecule has 1 heterocycles. The Labute approximate surface area is 81.9 Å². The van der Waals surface area contributed by atoms with Crippen LogP contribution in [0.3, 0.4) is 0 Å². The largest absolute Gasteiger partial charge is 0.364 e. The van der Waals surface area contributed by atoms with Gasteiger partial charge >= 0.3 is 0 Å². The molecule has 0 atom stereocenters. The average molecular weight is 347 g/mol. The summed E-state index contributed by atoms with van der Waals surface area (Å²) in [6, 6.07) is 2.21. The Morgan fingerprint density at radius 2 is 2.11 bits per heavy atom. The van der Waals surface area contributed by atoms with Gasteiger partial charge in [0.15, 0.2) is 0 Å². The Bertz CT molecular complexity index is 164. The molecule has 0 fully saturated rings. The van der Waals surface area contributed by atoms with E-state index in [2.05, 4.69) is 62.4 Å². The van der Waals surface area contributed by atoms with Crippen LogP contribution in [0.1, 0.15) is 11.3 Å². The molecule has 0 bridgehead atoms. The van der Waals surface area contributed by atoms with Crippen molar-refractivity contribution in [3.05, 3.63) is 23.5 Å². The van der Waals surface area contributed by atoms with Gasteiger partial charge in [-0.05, 0) is 11.6 Å². The molecular formula is C6H7I2N. The van der Waals surface area contributed by atoms with Gasteiger partial charge in [0.1, 0.15) is 0 Å². The summed E-state index contributed by atoms with van der Waals surface area (Å²) in [5, 5.41) is 0. The molecule has 1 N–H and O–H groups in total. The Kier molecular flexibility index (Phi) is 3.31. The molecule has 1 aromatic heterocycles. The number of halogens is 2. The van der Waals surface area contributed by atoms with Gasteiger partial charge in [0, 0.05) is 20.7 Å².